The molecule has 20 heavy (non-hydrogen) atoms. The van der Waals surface area contributed by atoms with Gasteiger partial charge in [-0.25, -0.2) is 0 Å². The van der Waals surface area contributed by atoms with Crippen molar-refractivity contribution in [2.24, 2.45) is 11.5 Å². The zero-order valence-electron chi connectivity index (χ0n) is 13.0. The number of carbonyl (C=O) groups is 1. The van der Waals surface area contributed by atoms with Gasteiger partial charge in [-0.3, -0.25) is 4.79 Å². The van der Waals surface area contributed by atoms with Crippen molar-refractivity contribution in [1.82, 2.24) is 9.80 Å². The van der Waals surface area contributed by atoms with Crippen LogP contribution in [0.25, 0.3) is 0 Å². The lowest BCUT2D eigenvalue weighted by Gasteiger charge is -2.44. The molecular weight excluding hydrogens is 252 g/mol. The van der Waals surface area contributed by atoms with Crippen molar-refractivity contribution >= 4 is 5.91 Å². The van der Waals surface area contributed by atoms with E-state index in [1.165, 1.54) is 25.9 Å². The molecule has 1 saturated carbocycles. The highest BCUT2D eigenvalue weighted by Gasteiger charge is 2.40. The number of nitrogens with zero attached hydrogens (tertiary/aromatic N) is 2. The number of hydrogen-bond acceptors (Lipinski definition) is 4. The van der Waals surface area contributed by atoms with Crippen molar-refractivity contribution < 1.29 is 4.79 Å². The Kier molecular flexibility index (Phi) is 5.04. The minimum Gasteiger partial charge on any atom is -0.368 e. The summed E-state index contributed by atoms with van der Waals surface area (Å²) in [6.07, 6.45) is 6.02. The first-order chi connectivity index (χ1) is 9.46. The highest BCUT2D eigenvalue weighted by atomic mass is 16.1. The van der Waals surface area contributed by atoms with E-state index in [2.05, 4.69) is 23.8 Å². The molecule has 0 aromatic heterocycles. The highest BCUT2D eigenvalue weighted by Crippen LogP contribution is 2.31. The molecule has 4 N–H and O–H groups in total. The molecule has 0 bridgehead atoms. The molecule has 2 rings (SSSR count). The fourth-order valence-electron chi connectivity index (χ4n) is 3.79. The first-order valence-corrected chi connectivity index (χ1v) is 7.99. The molecule has 1 aliphatic heterocycles. The molecule has 1 aliphatic carbocycles. The summed E-state index contributed by atoms with van der Waals surface area (Å²) in [5.74, 6) is -0.337. The van der Waals surface area contributed by atoms with Crippen LogP contribution < -0.4 is 11.5 Å². The standard InChI is InChI=1S/C15H30N4O/c1-3-19-9-6-12(7-10-19)18(2)13-5-4-8-15(17,11-13)14(16)20/h12-13H,3-11,17H2,1-2H3,(H2,16,20). The monoisotopic (exact) mass is 282 g/mol. The van der Waals surface area contributed by atoms with Gasteiger partial charge >= 0.3 is 0 Å². The van der Waals surface area contributed by atoms with Crippen molar-refractivity contribution in [1.29, 1.82) is 0 Å². The second-order valence-electron chi connectivity index (χ2n) is 6.60. The SMILES string of the molecule is CCN1CCC(N(C)C2CCCC(N)(C(N)=O)C2)CC1. The Bertz CT molecular complexity index is 341. The van der Waals surface area contributed by atoms with Gasteiger partial charge in [0.15, 0.2) is 0 Å². The van der Waals surface area contributed by atoms with Gasteiger partial charge in [-0.15, -0.1) is 0 Å². The zero-order valence-corrected chi connectivity index (χ0v) is 13.0. The topological polar surface area (TPSA) is 75.6 Å². The first kappa shape index (κ1) is 15.7. The molecule has 116 valence electrons. The van der Waals surface area contributed by atoms with E-state index in [1.54, 1.807) is 0 Å². The van der Waals surface area contributed by atoms with Crippen LogP contribution in [0, 0.1) is 0 Å². The molecule has 2 unspecified atom stereocenters. The van der Waals surface area contributed by atoms with Gasteiger partial charge in [0.25, 0.3) is 0 Å². The normalized spacial score (nSPS) is 33.5. The number of piperidine rings is 1. The van der Waals surface area contributed by atoms with Gasteiger partial charge in [-0.05, 0) is 65.2 Å². The molecule has 2 atom stereocenters. The molecule has 0 aromatic rings. The predicted molar refractivity (Wildman–Crippen MR) is 81.3 cm³/mol. The quantitative estimate of drug-likeness (QED) is 0.788. The van der Waals surface area contributed by atoms with Crippen LogP contribution in [0.1, 0.15) is 45.4 Å². The Labute approximate surface area is 122 Å². The van der Waals surface area contributed by atoms with Crippen LogP contribution >= 0.6 is 0 Å². The molecule has 5 heteroatoms. The minimum absolute atomic E-state index is 0.337. The van der Waals surface area contributed by atoms with E-state index in [0.717, 1.165) is 25.8 Å². The van der Waals surface area contributed by atoms with E-state index in [4.69, 9.17) is 11.5 Å². The van der Waals surface area contributed by atoms with Crippen molar-refractivity contribution in [3.63, 3.8) is 0 Å². The first-order valence-electron chi connectivity index (χ1n) is 7.99. The van der Waals surface area contributed by atoms with E-state index in [0.29, 0.717) is 18.5 Å². The Hall–Kier alpha value is -0.650. The van der Waals surface area contributed by atoms with Crippen molar-refractivity contribution in [3.8, 4) is 0 Å². The smallest absolute Gasteiger partial charge is 0.237 e. The summed E-state index contributed by atoms with van der Waals surface area (Å²) in [6.45, 7) is 5.73. The van der Waals surface area contributed by atoms with Gasteiger partial charge in [0, 0.05) is 12.1 Å². The Morgan fingerprint density at radius 3 is 2.50 bits per heavy atom. The van der Waals surface area contributed by atoms with Gasteiger partial charge in [0.1, 0.15) is 0 Å². The van der Waals surface area contributed by atoms with Crippen LogP contribution in [0.3, 0.4) is 0 Å². The largest absolute Gasteiger partial charge is 0.368 e. The Balaban J connectivity index is 1.92. The number of amides is 1. The Morgan fingerprint density at radius 1 is 1.30 bits per heavy atom. The van der Waals surface area contributed by atoms with Crippen LogP contribution in [-0.4, -0.2) is 60.0 Å². The number of primary amides is 1. The number of nitrogens with two attached hydrogens (primary N) is 2. The molecule has 0 radical (unpaired) electrons. The van der Waals surface area contributed by atoms with Crippen LogP contribution in [0.4, 0.5) is 0 Å². The molecular formula is C15H30N4O. The lowest BCUT2D eigenvalue weighted by Crippen LogP contribution is -2.59. The van der Waals surface area contributed by atoms with E-state index in [1.807, 2.05) is 0 Å². The fraction of sp³-hybridized carbons (Fsp3) is 0.933. The average molecular weight is 282 g/mol. The highest BCUT2D eigenvalue weighted by molar-refractivity contribution is 5.84. The third-order valence-corrected chi connectivity index (χ3v) is 5.41. The molecule has 2 aliphatic rings. The number of hydrogen-bond donors (Lipinski definition) is 2. The number of likely N-dealkylation sites (tertiary alicyclic amines) is 1. The lowest BCUT2D eigenvalue weighted by atomic mass is 9.78. The summed E-state index contributed by atoms with van der Waals surface area (Å²) in [6, 6.07) is 1.03. The van der Waals surface area contributed by atoms with E-state index in [9.17, 15) is 4.79 Å². The van der Waals surface area contributed by atoms with Crippen molar-refractivity contribution in [2.75, 3.05) is 26.7 Å². The third kappa shape index (κ3) is 3.32. The van der Waals surface area contributed by atoms with Gasteiger partial charge in [-0.2, -0.15) is 0 Å². The molecule has 0 spiro atoms. The predicted octanol–water partition coefficient (Wildman–Crippen LogP) is 0.528. The van der Waals surface area contributed by atoms with Crippen LogP contribution in [0.5, 0.6) is 0 Å². The number of carbonyl (C=O) groups excluding carboxylic acids is 1. The van der Waals surface area contributed by atoms with Crippen LogP contribution in [0.2, 0.25) is 0 Å². The minimum atomic E-state index is -0.790. The molecule has 5 nitrogen and oxygen atoms in total. The van der Waals surface area contributed by atoms with Gasteiger partial charge in [0.2, 0.25) is 5.91 Å². The second-order valence-corrected chi connectivity index (χ2v) is 6.60. The maximum atomic E-state index is 11.6. The second kappa shape index (κ2) is 6.41. The van der Waals surface area contributed by atoms with E-state index in [-0.39, 0.29) is 5.91 Å². The van der Waals surface area contributed by atoms with Gasteiger partial charge in [-0.1, -0.05) is 6.92 Å². The third-order valence-electron chi connectivity index (χ3n) is 5.41. The van der Waals surface area contributed by atoms with Crippen LogP contribution in [-0.2, 0) is 4.79 Å². The summed E-state index contributed by atoms with van der Waals surface area (Å²) >= 11 is 0. The van der Waals surface area contributed by atoms with E-state index < -0.39 is 5.54 Å². The molecule has 1 amide bonds. The maximum absolute atomic E-state index is 11.6. The van der Waals surface area contributed by atoms with Crippen LogP contribution in [0.15, 0.2) is 0 Å². The lowest BCUT2D eigenvalue weighted by molar-refractivity contribution is -0.125. The molecule has 1 heterocycles. The summed E-state index contributed by atoms with van der Waals surface area (Å²) < 4.78 is 0. The fourth-order valence-corrected chi connectivity index (χ4v) is 3.79. The summed E-state index contributed by atoms with van der Waals surface area (Å²) in [7, 11) is 2.20. The average Bonchev–Trinajstić information content (AvgIpc) is 2.46. The summed E-state index contributed by atoms with van der Waals surface area (Å²) in [5.41, 5.74) is 10.9. The number of rotatable bonds is 4. The summed E-state index contributed by atoms with van der Waals surface area (Å²) in [4.78, 5) is 16.5. The summed E-state index contributed by atoms with van der Waals surface area (Å²) in [5, 5.41) is 0. The Morgan fingerprint density at radius 2 is 1.95 bits per heavy atom. The zero-order chi connectivity index (χ0) is 14.8. The van der Waals surface area contributed by atoms with Crippen molar-refractivity contribution in [2.45, 2.75) is 63.1 Å². The molecule has 1 saturated heterocycles. The maximum Gasteiger partial charge on any atom is 0.237 e. The van der Waals surface area contributed by atoms with E-state index >= 15 is 0 Å². The van der Waals surface area contributed by atoms with Gasteiger partial charge in [0.05, 0.1) is 5.54 Å². The van der Waals surface area contributed by atoms with Gasteiger partial charge < -0.3 is 21.3 Å². The van der Waals surface area contributed by atoms with Crippen molar-refractivity contribution in [3.05, 3.63) is 0 Å². The molecule has 2 fully saturated rings. The molecule has 0 aromatic carbocycles.